The van der Waals surface area contributed by atoms with E-state index >= 15 is 0 Å². The first-order valence-electron chi connectivity index (χ1n) is 6.46. The summed E-state index contributed by atoms with van der Waals surface area (Å²) in [5.41, 5.74) is 7.64. The van der Waals surface area contributed by atoms with Gasteiger partial charge < -0.3 is 15.2 Å². The van der Waals surface area contributed by atoms with Crippen LogP contribution in [0, 0.1) is 6.92 Å². The fraction of sp³-hybridized carbons (Fsp3) is 0.250. The van der Waals surface area contributed by atoms with Gasteiger partial charge in [-0.05, 0) is 55.3 Å². The molecule has 0 aliphatic heterocycles. The molecule has 0 heterocycles. The van der Waals surface area contributed by atoms with Crippen LogP contribution in [0.15, 0.2) is 42.5 Å². The van der Waals surface area contributed by atoms with Crippen LogP contribution in [-0.2, 0) is 0 Å². The highest BCUT2D eigenvalue weighted by atomic mass is 16.5. The predicted octanol–water partition coefficient (Wildman–Crippen LogP) is 4.16. The van der Waals surface area contributed by atoms with Gasteiger partial charge in [0, 0.05) is 0 Å². The molecule has 0 spiro atoms. The van der Waals surface area contributed by atoms with E-state index in [4.69, 9.17) is 15.2 Å². The van der Waals surface area contributed by atoms with E-state index in [1.54, 1.807) is 0 Å². The van der Waals surface area contributed by atoms with Crippen molar-refractivity contribution >= 4 is 5.69 Å². The molecule has 0 fully saturated rings. The third-order valence-electron chi connectivity index (χ3n) is 2.69. The molecule has 19 heavy (non-hydrogen) atoms. The number of aryl methyl sites for hydroxylation is 1. The number of nitrogens with two attached hydrogens (primary N) is 1. The fourth-order valence-electron chi connectivity index (χ4n) is 1.68. The molecule has 0 aliphatic carbocycles. The average Bonchev–Trinajstić information content (AvgIpc) is 2.42. The molecule has 0 unspecified atom stereocenters. The summed E-state index contributed by atoms with van der Waals surface area (Å²) in [6.45, 7) is 4.82. The Kier molecular flexibility index (Phi) is 4.29. The largest absolute Gasteiger partial charge is 0.494 e. The normalized spacial score (nSPS) is 10.2. The number of ether oxygens (including phenoxy) is 2. The van der Waals surface area contributed by atoms with Crippen LogP contribution in [0.25, 0.3) is 0 Å². The van der Waals surface area contributed by atoms with Gasteiger partial charge in [-0.1, -0.05) is 13.0 Å². The molecule has 3 nitrogen and oxygen atoms in total. The Morgan fingerprint density at radius 1 is 1.00 bits per heavy atom. The van der Waals surface area contributed by atoms with E-state index in [1.807, 2.05) is 49.4 Å². The van der Waals surface area contributed by atoms with E-state index in [-0.39, 0.29) is 0 Å². The van der Waals surface area contributed by atoms with Crippen molar-refractivity contribution in [3.8, 4) is 17.2 Å². The minimum absolute atomic E-state index is 0.636. The summed E-state index contributed by atoms with van der Waals surface area (Å²) in [7, 11) is 0. The summed E-state index contributed by atoms with van der Waals surface area (Å²) in [6.07, 6.45) is 0.998. The van der Waals surface area contributed by atoms with Crippen molar-refractivity contribution in [2.45, 2.75) is 20.3 Å². The zero-order valence-electron chi connectivity index (χ0n) is 11.3. The number of anilines is 1. The number of hydrogen-bond donors (Lipinski definition) is 1. The highest BCUT2D eigenvalue weighted by Crippen LogP contribution is 2.29. The molecule has 2 N–H and O–H groups in total. The third-order valence-corrected chi connectivity index (χ3v) is 2.69. The molecule has 0 saturated carbocycles. The van der Waals surface area contributed by atoms with Gasteiger partial charge >= 0.3 is 0 Å². The molecule has 0 bridgehead atoms. The van der Waals surface area contributed by atoms with Gasteiger partial charge in [0.2, 0.25) is 0 Å². The van der Waals surface area contributed by atoms with Crippen molar-refractivity contribution in [2.75, 3.05) is 12.3 Å². The van der Waals surface area contributed by atoms with Gasteiger partial charge in [0.15, 0.2) is 5.75 Å². The van der Waals surface area contributed by atoms with Gasteiger partial charge in [0.25, 0.3) is 0 Å². The first kappa shape index (κ1) is 13.3. The SMILES string of the molecule is CCCOc1ccc(Oc2cc(C)ccc2N)cc1. The molecule has 0 amide bonds. The molecule has 2 aromatic rings. The molecular formula is C16H19NO2. The first-order valence-corrected chi connectivity index (χ1v) is 6.46. The van der Waals surface area contributed by atoms with Crippen LogP contribution in [0.3, 0.4) is 0 Å². The Hall–Kier alpha value is -2.16. The zero-order chi connectivity index (χ0) is 13.7. The summed E-state index contributed by atoms with van der Waals surface area (Å²) >= 11 is 0. The second kappa shape index (κ2) is 6.14. The first-order chi connectivity index (χ1) is 9.19. The van der Waals surface area contributed by atoms with E-state index in [9.17, 15) is 0 Å². The molecule has 0 aliphatic rings. The quantitative estimate of drug-likeness (QED) is 0.818. The minimum Gasteiger partial charge on any atom is -0.494 e. The van der Waals surface area contributed by atoms with Crippen molar-refractivity contribution in [3.63, 3.8) is 0 Å². The van der Waals surface area contributed by atoms with Crippen LogP contribution < -0.4 is 15.2 Å². The van der Waals surface area contributed by atoms with Gasteiger partial charge in [-0.2, -0.15) is 0 Å². The Bertz CT molecular complexity index is 535. The Morgan fingerprint density at radius 2 is 1.68 bits per heavy atom. The van der Waals surface area contributed by atoms with E-state index in [0.29, 0.717) is 11.4 Å². The summed E-state index contributed by atoms with van der Waals surface area (Å²) < 4.78 is 11.3. The van der Waals surface area contributed by atoms with Crippen LogP contribution in [0.2, 0.25) is 0 Å². The summed E-state index contributed by atoms with van der Waals surface area (Å²) in [6, 6.07) is 13.3. The highest BCUT2D eigenvalue weighted by Gasteiger charge is 2.03. The van der Waals surface area contributed by atoms with Crippen molar-refractivity contribution in [2.24, 2.45) is 0 Å². The van der Waals surface area contributed by atoms with Gasteiger partial charge in [0.05, 0.1) is 12.3 Å². The van der Waals surface area contributed by atoms with Crippen LogP contribution in [0.5, 0.6) is 17.2 Å². The van der Waals surface area contributed by atoms with Crippen molar-refractivity contribution in [1.29, 1.82) is 0 Å². The minimum atomic E-state index is 0.636. The average molecular weight is 257 g/mol. The molecule has 100 valence electrons. The monoisotopic (exact) mass is 257 g/mol. The molecule has 2 aromatic carbocycles. The van der Waals surface area contributed by atoms with Gasteiger partial charge in [-0.25, -0.2) is 0 Å². The van der Waals surface area contributed by atoms with E-state index in [2.05, 4.69) is 6.92 Å². The molecular weight excluding hydrogens is 238 g/mol. The standard InChI is InChI=1S/C16H19NO2/c1-3-10-18-13-5-7-14(8-6-13)19-16-11-12(2)4-9-15(16)17/h4-9,11H,3,10,17H2,1-2H3. The number of hydrogen-bond acceptors (Lipinski definition) is 3. The van der Waals surface area contributed by atoms with E-state index < -0.39 is 0 Å². The van der Waals surface area contributed by atoms with Crippen molar-refractivity contribution < 1.29 is 9.47 Å². The van der Waals surface area contributed by atoms with Gasteiger partial charge in [-0.15, -0.1) is 0 Å². The highest BCUT2D eigenvalue weighted by molar-refractivity contribution is 5.55. The number of benzene rings is 2. The van der Waals surface area contributed by atoms with Crippen molar-refractivity contribution in [3.05, 3.63) is 48.0 Å². The third kappa shape index (κ3) is 3.65. The number of nitrogen functional groups attached to an aromatic ring is 1. The zero-order valence-corrected chi connectivity index (χ0v) is 11.3. The second-order valence-electron chi connectivity index (χ2n) is 4.46. The summed E-state index contributed by atoms with van der Waals surface area (Å²) in [4.78, 5) is 0. The predicted molar refractivity (Wildman–Crippen MR) is 77.9 cm³/mol. The van der Waals surface area contributed by atoms with Gasteiger partial charge in [-0.3, -0.25) is 0 Å². The lowest BCUT2D eigenvalue weighted by molar-refractivity contribution is 0.317. The molecule has 0 atom stereocenters. The smallest absolute Gasteiger partial charge is 0.150 e. The maximum Gasteiger partial charge on any atom is 0.150 e. The van der Waals surface area contributed by atoms with Crippen molar-refractivity contribution in [1.82, 2.24) is 0 Å². The molecule has 3 heteroatoms. The van der Waals surface area contributed by atoms with Crippen LogP contribution in [0.1, 0.15) is 18.9 Å². The molecule has 2 rings (SSSR count). The number of rotatable bonds is 5. The van der Waals surface area contributed by atoms with E-state index in [0.717, 1.165) is 30.1 Å². The Labute approximate surface area is 114 Å². The fourth-order valence-corrected chi connectivity index (χ4v) is 1.68. The van der Waals surface area contributed by atoms with Crippen LogP contribution in [0.4, 0.5) is 5.69 Å². The lowest BCUT2D eigenvalue weighted by atomic mass is 10.2. The van der Waals surface area contributed by atoms with Crippen LogP contribution in [-0.4, -0.2) is 6.61 Å². The summed E-state index contributed by atoms with van der Waals surface area (Å²) in [5, 5.41) is 0. The molecule has 0 saturated heterocycles. The van der Waals surface area contributed by atoms with Gasteiger partial charge in [0.1, 0.15) is 11.5 Å². The van der Waals surface area contributed by atoms with E-state index in [1.165, 1.54) is 0 Å². The molecule has 0 aromatic heterocycles. The summed E-state index contributed by atoms with van der Waals surface area (Å²) in [5.74, 6) is 2.29. The lowest BCUT2D eigenvalue weighted by Crippen LogP contribution is -1.95. The Morgan fingerprint density at radius 3 is 2.37 bits per heavy atom. The maximum atomic E-state index is 5.88. The lowest BCUT2D eigenvalue weighted by Gasteiger charge is -2.10. The molecule has 0 radical (unpaired) electrons. The Balaban J connectivity index is 2.08. The second-order valence-corrected chi connectivity index (χ2v) is 4.46. The topological polar surface area (TPSA) is 44.5 Å². The maximum absolute atomic E-state index is 5.88. The van der Waals surface area contributed by atoms with Crippen LogP contribution >= 0.6 is 0 Å².